The Balaban J connectivity index is 2.30. The summed E-state index contributed by atoms with van der Waals surface area (Å²) < 4.78 is 0. The highest BCUT2D eigenvalue weighted by molar-refractivity contribution is 5.98. The molecular weight excluding hydrogens is 248 g/mol. The smallest absolute Gasteiger partial charge is 0.169 e. The van der Waals surface area contributed by atoms with E-state index in [-0.39, 0.29) is 11.7 Å². The van der Waals surface area contributed by atoms with E-state index in [2.05, 4.69) is 0 Å². The van der Waals surface area contributed by atoms with Crippen LogP contribution < -0.4 is 0 Å². The van der Waals surface area contributed by atoms with E-state index < -0.39 is 12.0 Å². The van der Waals surface area contributed by atoms with E-state index in [0.29, 0.717) is 5.56 Å². The summed E-state index contributed by atoms with van der Waals surface area (Å²) in [6, 6.07) is 18.6. The monoisotopic (exact) mass is 268 g/mol. The van der Waals surface area contributed by atoms with Crippen molar-refractivity contribution in [2.75, 3.05) is 0 Å². The molecule has 0 saturated heterocycles. The summed E-state index contributed by atoms with van der Waals surface area (Å²) in [5, 5.41) is 10.6. The molecule has 2 atom stereocenters. The minimum absolute atomic E-state index is 0.00282. The molecule has 0 fully saturated rings. The number of carbonyl (C=O) groups is 1. The van der Waals surface area contributed by atoms with Gasteiger partial charge in [-0.3, -0.25) is 4.79 Å². The van der Waals surface area contributed by atoms with Gasteiger partial charge in [0.25, 0.3) is 0 Å². The molecule has 2 nitrogen and oxygen atoms in total. The zero-order valence-corrected chi connectivity index (χ0v) is 11.9. The maximum absolute atomic E-state index is 12.6. The molecule has 0 bridgehead atoms. The molecule has 0 saturated carbocycles. The molecule has 0 radical (unpaired) electrons. The van der Waals surface area contributed by atoms with Crippen LogP contribution in [-0.2, 0) is 0 Å². The molecule has 0 aliphatic carbocycles. The van der Waals surface area contributed by atoms with Crippen LogP contribution in [0.1, 0.15) is 35.9 Å². The molecule has 2 rings (SSSR count). The summed E-state index contributed by atoms with van der Waals surface area (Å²) in [6.07, 6.45) is -0.774. The summed E-state index contributed by atoms with van der Waals surface area (Å²) in [5.74, 6) is -0.366. The van der Waals surface area contributed by atoms with Gasteiger partial charge in [0.05, 0.1) is 12.0 Å². The third-order valence-electron chi connectivity index (χ3n) is 3.56. The first-order chi connectivity index (χ1) is 9.61. The van der Waals surface area contributed by atoms with Gasteiger partial charge < -0.3 is 5.11 Å². The second-order valence-corrected chi connectivity index (χ2v) is 5.36. The zero-order chi connectivity index (χ0) is 14.5. The van der Waals surface area contributed by atoms with Gasteiger partial charge >= 0.3 is 0 Å². The molecule has 2 aromatic rings. The first-order valence-corrected chi connectivity index (χ1v) is 6.93. The van der Waals surface area contributed by atoms with Crippen LogP contribution in [0.2, 0.25) is 0 Å². The van der Waals surface area contributed by atoms with Crippen molar-refractivity contribution < 1.29 is 9.90 Å². The van der Waals surface area contributed by atoms with Gasteiger partial charge in [-0.25, -0.2) is 0 Å². The number of carbonyl (C=O) groups excluding carboxylic acids is 1. The summed E-state index contributed by atoms with van der Waals surface area (Å²) in [5.41, 5.74) is 1.44. The fourth-order valence-electron chi connectivity index (χ4n) is 2.46. The van der Waals surface area contributed by atoms with Crippen molar-refractivity contribution in [1.29, 1.82) is 0 Å². The molecule has 20 heavy (non-hydrogen) atoms. The van der Waals surface area contributed by atoms with Crippen LogP contribution in [-0.4, -0.2) is 10.9 Å². The van der Waals surface area contributed by atoms with E-state index in [9.17, 15) is 9.90 Å². The number of ketones is 1. The van der Waals surface area contributed by atoms with Crippen molar-refractivity contribution in [3.63, 3.8) is 0 Å². The number of hydrogen-bond donors (Lipinski definition) is 1. The predicted octanol–water partition coefficient (Wildman–Crippen LogP) is 3.88. The molecule has 2 aromatic carbocycles. The maximum Gasteiger partial charge on any atom is 0.169 e. The van der Waals surface area contributed by atoms with Crippen LogP contribution in [0, 0.1) is 11.8 Å². The second-order valence-electron chi connectivity index (χ2n) is 5.36. The summed E-state index contributed by atoms with van der Waals surface area (Å²) in [6.45, 7) is 3.94. The first kappa shape index (κ1) is 14.5. The van der Waals surface area contributed by atoms with Crippen molar-refractivity contribution in [2.24, 2.45) is 11.8 Å². The number of benzene rings is 2. The van der Waals surface area contributed by atoms with E-state index >= 15 is 0 Å². The SMILES string of the molecule is CC(C)[C@H](C(=O)c1ccccc1)[C@@H](O)c1ccccc1. The Hall–Kier alpha value is -1.93. The summed E-state index contributed by atoms with van der Waals surface area (Å²) in [7, 11) is 0. The molecule has 0 aliphatic rings. The highest BCUT2D eigenvalue weighted by atomic mass is 16.3. The molecule has 0 heterocycles. The predicted molar refractivity (Wildman–Crippen MR) is 80.5 cm³/mol. The average molecular weight is 268 g/mol. The van der Waals surface area contributed by atoms with Gasteiger partial charge in [0.1, 0.15) is 0 Å². The number of Topliss-reactive ketones (excluding diaryl/α,β-unsaturated/α-hetero) is 1. The van der Waals surface area contributed by atoms with Gasteiger partial charge in [0.2, 0.25) is 0 Å². The van der Waals surface area contributed by atoms with Gasteiger partial charge in [-0.05, 0) is 11.5 Å². The van der Waals surface area contributed by atoms with Gasteiger partial charge in [-0.2, -0.15) is 0 Å². The Morgan fingerprint density at radius 2 is 1.40 bits per heavy atom. The Labute approximate surface area is 120 Å². The number of aliphatic hydroxyl groups excluding tert-OH is 1. The maximum atomic E-state index is 12.6. The van der Waals surface area contributed by atoms with Gasteiger partial charge in [0.15, 0.2) is 5.78 Å². The third-order valence-corrected chi connectivity index (χ3v) is 3.56. The van der Waals surface area contributed by atoms with Crippen LogP contribution >= 0.6 is 0 Å². The number of aliphatic hydroxyl groups is 1. The lowest BCUT2D eigenvalue weighted by molar-refractivity contribution is 0.0562. The minimum atomic E-state index is -0.774. The molecule has 0 aromatic heterocycles. The molecule has 104 valence electrons. The van der Waals surface area contributed by atoms with E-state index in [0.717, 1.165) is 5.56 Å². The summed E-state index contributed by atoms with van der Waals surface area (Å²) >= 11 is 0. The average Bonchev–Trinajstić information content (AvgIpc) is 2.48. The number of hydrogen-bond acceptors (Lipinski definition) is 2. The molecule has 2 heteroatoms. The lowest BCUT2D eigenvalue weighted by Gasteiger charge is -2.25. The van der Waals surface area contributed by atoms with Crippen LogP contribution in [0.4, 0.5) is 0 Å². The van der Waals surface area contributed by atoms with Gasteiger partial charge in [-0.15, -0.1) is 0 Å². The Bertz CT molecular complexity index is 546. The lowest BCUT2D eigenvalue weighted by Crippen LogP contribution is -2.27. The molecule has 0 amide bonds. The highest BCUT2D eigenvalue weighted by Gasteiger charge is 2.31. The Morgan fingerprint density at radius 3 is 1.90 bits per heavy atom. The number of rotatable bonds is 5. The standard InChI is InChI=1S/C18H20O2/c1-13(2)16(17(19)14-9-5-3-6-10-14)18(20)15-11-7-4-8-12-15/h3-13,16-17,19H,1-2H3/t16-,17-/m0/s1. The fourth-order valence-corrected chi connectivity index (χ4v) is 2.46. The highest BCUT2D eigenvalue weighted by Crippen LogP contribution is 2.30. The molecule has 0 unspecified atom stereocenters. The normalized spacial score (nSPS) is 14.0. The minimum Gasteiger partial charge on any atom is -0.388 e. The summed E-state index contributed by atoms with van der Waals surface area (Å²) in [4.78, 5) is 12.6. The second kappa shape index (κ2) is 6.49. The quantitative estimate of drug-likeness (QED) is 0.836. The van der Waals surface area contributed by atoms with E-state index in [1.54, 1.807) is 12.1 Å². The van der Waals surface area contributed by atoms with Crippen molar-refractivity contribution in [2.45, 2.75) is 20.0 Å². The van der Waals surface area contributed by atoms with Crippen molar-refractivity contribution >= 4 is 5.78 Å². The first-order valence-electron chi connectivity index (χ1n) is 6.93. The molecular formula is C18H20O2. The molecule has 1 N–H and O–H groups in total. The Kier molecular flexibility index (Phi) is 4.70. The topological polar surface area (TPSA) is 37.3 Å². The zero-order valence-electron chi connectivity index (χ0n) is 11.9. The largest absolute Gasteiger partial charge is 0.388 e. The molecule has 0 spiro atoms. The van der Waals surface area contributed by atoms with E-state index in [4.69, 9.17) is 0 Å². The van der Waals surface area contributed by atoms with Crippen LogP contribution in [0.5, 0.6) is 0 Å². The lowest BCUT2D eigenvalue weighted by atomic mass is 9.81. The van der Waals surface area contributed by atoms with Crippen molar-refractivity contribution in [1.82, 2.24) is 0 Å². The molecule has 0 aliphatic heterocycles. The Morgan fingerprint density at radius 1 is 0.900 bits per heavy atom. The fraction of sp³-hybridized carbons (Fsp3) is 0.278. The van der Waals surface area contributed by atoms with Gasteiger partial charge in [0, 0.05) is 5.56 Å². The van der Waals surface area contributed by atoms with Crippen LogP contribution in [0.15, 0.2) is 60.7 Å². The van der Waals surface area contributed by atoms with Crippen molar-refractivity contribution in [3.05, 3.63) is 71.8 Å². The van der Waals surface area contributed by atoms with E-state index in [1.807, 2.05) is 62.4 Å². The third kappa shape index (κ3) is 3.14. The van der Waals surface area contributed by atoms with Gasteiger partial charge in [-0.1, -0.05) is 74.5 Å². The van der Waals surface area contributed by atoms with Crippen molar-refractivity contribution in [3.8, 4) is 0 Å². The van der Waals surface area contributed by atoms with E-state index in [1.165, 1.54) is 0 Å². The van der Waals surface area contributed by atoms with Crippen LogP contribution in [0.25, 0.3) is 0 Å². The van der Waals surface area contributed by atoms with Crippen LogP contribution in [0.3, 0.4) is 0 Å².